The fourth-order valence-corrected chi connectivity index (χ4v) is 6.17. The highest BCUT2D eigenvalue weighted by Gasteiger charge is 2.34. The minimum atomic E-state index is -3.73. The molecule has 1 heterocycles. The van der Waals surface area contributed by atoms with Gasteiger partial charge in [-0.25, -0.2) is 8.42 Å². The summed E-state index contributed by atoms with van der Waals surface area (Å²) in [5, 5.41) is 1.28. The van der Waals surface area contributed by atoms with E-state index in [1.54, 1.807) is 28.6 Å². The molecule has 1 saturated heterocycles. The number of rotatable bonds is 6. The van der Waals surface area contributed by atoms with Gasteiger partial charge in [0.25, 0.3) is 10.0 Å². The molecule has 168 valence electrons. The number of halogens is 2. The SMILES string of the molecule is Cc1ccc(N(C2CCN(Cc3ccccc3Cl)CC2)S(=O)(=O)c2ccc(Cl)cc2)cc1. The van der Waals surface area contributed by atoms with Crippen LogP contribution in [0.25, 0.3) is 0 Å². The van der Waals surface area contributed by atoms with Crippen LogP contribution in [0, 0.1) is 6.92 Å². The maximum atomic E-state index is 13.7. The topological polar surface area (TPSA) is 40.6 Å². The molecule has 1 fully saturated rings. The van der Waals surface area contributed by atoms with Crippen molar-refractivity contribution in [1.29, 1.82) is 0 Å². The van der Waals surface area contributed by atoms with Crippen molar-refractivity contribution in [2.45, 2.75) is 37.2 Å². The highest BCUT2D eigenvalue weighted by atomic mass is 35.5. The van der Waals surface area contributed by atoms with E-state index in [2.05, 4.69) is 4.90 Å². The lowest BCUT2D eigenvalue weighted by Crippen LogP contribution is -2.47. The first-order valence-electron chi connectivity index (χ1n) is 10.7. The second-order valence-electron chi connectivity index (χ2n) is 8.19. The smallest absolute Gasteiger partial charge is 0.264 e. The molecule has 0 saturated carbocycles. The highest BCUT2D eigenvalue weighted by molar-refractivity contribution is 7.92. The van der Waals surface area contributed by atoms with Gasteiger partial charge in [-0.15, -0.1) is 0 Å². The molecule has 3 aromatic rings. The van der Waals surface area contributed by atoms with Gasteiger partial charge < -0.3 is 0 Å². The Bertz CT molecular complexity index is 1160. The number of piperidine rings is 1. The van der Waals surface area contributed by atoms with E-state index in [0.717, 1.165) is 48.6 Å². The lowest BCUT2D eigenvalue weighted by Gasteiger charge is -2.39. The maximum Gasteiger partial charge on any atom is 0.264 e. The molecule has 0 atom stereocenters. The van der Waals surface area contributed by atoms with Crippen molar-refractivity contribution in [3.8, 4) is 0 Å². The lowest BCUT2D eigenvalue weighted by atomic mass is 10.0. The molecule has 0 radical (unpaired) electrons. The first kappa shape index (κ1) is 23.1. The van der Waals surface area contributed by atoms with Gasteiger partial charge in [0.15, 0.2) is 0 Å². The Balaban J connectivity index is 1.58. The van der Waals surface area contributed by atoms with E-state index >= 15 is 0 Å². The summed E-state index contributed by atoms with van der Waals surface area (Å²) in [4.78, 5) is 2.58. The number of aryl methyl sites for hydroxylation is 1. The van der Waals surface area contributed by atoms with E-state index in [9.17, 15) is 8.42 Å². The lowest BCUT2D eigenvalue weighted by molar-refractivity contribution is 0.206. The Kier molecular flexibility index (Phi) is 7.11. The van der Waals surface area contributed by atoms with Crippen LogP contribution >= 0.6 is 23.2 Å². The zero-order valence-corrected chi connectivity index (χ0v) is 20.2. The van der Waals surface area contributed by atoms with Crippen molar-refractivity contribution in [3.63, 3.8) is 0 Å². The molecule has 4 nitrogen and oxygen atoms in total. The molecule has 0 amide bonds. The summed E-state index contributed by atoms with van der Waals surface area (Å²) in [6.45, 7) is 4.36. The first-order chi connectivity index (χ1) is 15.3. The van der Waals surface area contributed by atoms with Crippen molar-refractivity contribution >= 4 is 38.9 Å². The second-order valence-corrected chi connectivity index (χ2v) is 10.8. The Morgan fingerprint density at radius 3 is 2.16 bits per heavy atom. The highest BCUT2D eigenvalue weighted by Crippen LogP contribution is 2.32. The van der Waals surface area contributed by atoms with Gasteiger partial charge in [-0.3, -0.25) is 9.21 Å². The molecule has 1 aliphatic heterocycles. The molecule has 32 heavy (non-hydrogen) atoms. The van der Waals surface area contributed by atoms with E-state index < -0.39 is 10.0 Å². The van der Waals surface area contributed by atoms with Crippen molar-refractivity contribution in [2.24, 2.45) is 0 Å². The Morgan fingerprint density at radius 2 is 1.53 bits per heavy atom. The molecular formula is C25H26Cl2N2O2S. The van der Waals surface area contributed by atoms with Gasteiger partial charge >= 0.3 is 0 Å². The predicted octanol–water partition coefficient (Wildman–Crippen LogP) is 6.16. The average Bonchev–Trinajstić information content (AvgIpc) is 2.78. The molecule has 0 aromatic heterocycles. The summed E-state index contributed by atoms with van der Waals surface area (Å²) in [5.41, 5.74) is 2.87. The number of likely N-dealkylation sites (tertiary alicyclic amines) is 1. The fraction of sp³-hybridized carbons (Fsp3) is 0.280. The van der Waals surface area contributed by atoms with Crippen LogP contribution in [0.15, 0.2) is 77.7 Å². The van der Waals surface area contributed by atoms with Gasteiger partial charge in [0, 0.05) is 35.7 Å². The van der Waals surface area contributed by atoms with E-state index in [0.29, 0.717) is 10.7 Å². The molecule has 0 unspecified atom stereocenters. The number of hydrogen-bond acceptors (Lipinski definition) is 3. The van der Waals surface area contributed by atoms with Crippen LogP contribution in [-0.2, 0) is 16.6 Å². The summed E-state index contributed by atoms with van der Waals surface area (Å²) < 4.78 is 29.0. The molecule has 4 rings (SSSR count). The van der Waals surface area contributed by atoms with Crippen molar-refractivity contribution < 1.29 is 8.42 Å². The monoisotopic (exact) mass is 488 g/mol. The van der Waals surface area contributed by atoms with E-state index in [1.807, 2.05) is 55.5 Å². The van der Waals surface area contributed by atoms with Crippen LogP contribution in [0.4, 0.5) is 5.69 Å². The zero-order chi connectivity index (χ0) is 22.7. The maximum absolute atomic E-state index is 13.7. The molecule has 7 heteroatoms. The summed E-state index contributed by atoms with van der Waals surface area (Å²) in [7, 11) is -3.73. The van der Waals surface area contributed by atoms with Crippen LogP contribution in [0.2, 0.25) is 10.0 Å². The summed E-state index contributed by atoms with van der Waals surface area (Å²) in [6.07, 6.45) is 1.48. The fourth-order valence-electron chi connectivity index (χ4n) is 4.14. The Labute approximate surface area is 200 Å². The normalized spacial score (nSPS) is 15.6. The number of sulfonamides is 1. The van der Waals surface area contributed by atoms with Crippen molar-refractivity contribution in [1.82, 2.24) is 4.90 Å². The Hall–Kier alpha value is -2.05. The Morgan fingerprint density at radius 1 is 0.906 bits per heavy atom. The van der Waals surface area contributed by atoms with Gasteiger partial charge in [-0.1, -0.05) is 59.1 Å². The molecule has 0 N–H and O–H groups in total. The quantitative estimate of drug-likeness (QED) is 0.416. The van der Waals surface area contributed by atoms with Crippen LogP contribution in [0.3, 0.4) is 0 Å². The van der Waals surface area contributed by atoms with Gasteiger partial charge in [-0.2, -0.15) is 0 Å². The van der Waals surface area contributed by atoms with Gasteiger partial charge in [0.05, 0.1) is 10.6 Å². The van der Waals surface area contributed by atoms with E-state index in [1.165, 1.54) is 0 Å². The molecule has 0 spiro atoms. The van der Waals surface area contributed by atoms with E-state index in [4.69, 9.17) is 23.2 Å². The minimum absolute atomic E-state index is 0.124. The predicted molar refractivity (Wildman–Crippen MR) is 132 cm³/mol. The molecule has 0 bridgehead atoms. The van der Waals surface area contributed by atoms with Crippen LogP contribution in [-0.4, -0.2) is 32.4 Å². The summed E-state index contributed by atoms with van der Waals surface area (Å²) in [6, 6.07) is 21.8. The van der Waals surface area contributed by atoms with Gasteiger partial charge in [0.2, 0.25) is 0 Å². The third-order valence-electron chi connectivity index (χ3n) is 5.90. The number of benzene rings is 3. The number of hydrogen-bond donors (Lipinski definition) is 0. The van der Waals surface area contributed by atoms with Crippen LogP contribution in [0.1, 0.15) is 24.0 Å². The van der Waals surface area contributed by atoms with E-state index in [-0.39, 0.29) is 10.9 Å². The minimum Gasteiger partial charge on any atom is -0.299 e. The van der Waals surface area contributed by atoms with Gasteiger partial charge in [0.1, 0.15) is 0 Å². The summed E-state index contributed by atoms with van der Waals surface area (Å²) in [5.74, 6) is 0. The van der Waals surface area contributed by atoms with Gasteiger partial charge in [-0.05, 0) is 67.8 Å². The van der Waals surface area contributed by atoms with Crippen LogP contribution < -0.4 is 4.31 Å². The third kappa shape index (κ3) is 5.12. The first-order valence-corrected chi connectivity index (χ1v) is 12.9. The zero-order valence-electron chi connectivity index (χ0n) is 17.9. The molecular weight excluding hydrogens is 463 g/mol. The van der Waals surface area contributed by atoms with Crippen molar-refractivity contribution in [2.75, 3.05) is 17.4 Å². The second kappa shape index (κ2) is 9.84. The number of nitrogens with zero attached hydrogens (tertiary/aromatic N) is 2. The molecule has 1 aliphatic rings. The molecule has 0 aliphatic carbocycles. The third-order valence-corrected chi connectivity index (χ3v) is 8.41. The average molecular weight is 489 g/mol. The standard InChI is InChI=1S/C25H26Cl2N2O2S/c1-19-6-10-22(11-7-19)29(32(30,31)24-12-8-21(26)9-13-24)23-14-16-28(17-15-23)18-20-4-2-3-5-25(20)27/h2-13,23H,14-18H2,1H3. The van der Waals surface area contributed by atoms with Crippen LogP contribution in [0.5, 0.6) is 0 Å². The van der Waals surface area contributed by atoms with Crippen molar-refractivity contribution in [3.05, 3.63) is 94.0 Å². The number of anilines is 1. The summed E-state index contributed by atoms with van der Waals surface area (Å²) >= 11 is 12.3. The molecule has 3 aromatic carbocycles. The largest absolute Gasteiger partial charge is 0.299 e.